The summed E-state index contributed by atoms with van der Waals surface area (Å²) in [5.74, 6) is 0. The lowest BCUT2D eigenvalue weighted by Crippen LogP contribution is -2.26. The van der Waals surface area contributed by atoms with Gasteiger partial charge >= 0.3 is 0 Å². The summed E-state index contributed by atoms with van der Waals surface area (Å²) in [5, 5.41) is 3.38. The summed E-state index contributed by atoms with van der Waals surface area (Å²) in [6, 6.07) is 8.47. The molecular weight excluding hydrogens is 210 g/mol. The predicted octanol–water partition coefficient (Wildman–Crippen LogP) is 3.46. The number of aryl methyl sites for hydroxylation is 1. The molecule has 2 atom stereocenters. The molecule has 0 saturated carbocycles. The van der Waals surface area contributed by atoms with E-state index in [1.165, 1.54) is 11.1 Å². The van der Waals surface area contributed by atoms with Crippen LogP contribution in [0, 0.1) is 6.92 Å². The smallest absolute Gasteiger partial charge is 0.0955 e. The van der Waals surface area contributed by atoms with Gasteiger partial charge in [-0.3, -0.25) is 0 Å². The van der Waals surface area contributed by atoms with Crippen molar-refractivity contribution in [2.24, 2.45) is 0 Å². The molecule has 2 unspecified atom stereocenters. The van der Waals surface area contributed by atoms with Crippen LogP contribution in [0.5, 0.6) is 0 Å². The molecule has 1 N–H and O–H groups in total. The highest BCUT2D eigenvalue weighted by atomic mass is 16.5. The summed E-state index contributed by atoms with van der Waals surface area (Å²) in [6.45, 7) is 10.4. The van der Waals surface area contributed by atoms with Crippen LogP contribution in [0.25, 0.3) is 0 Å². The second-order valence-corrected chi connectivity index (χ2v) is 4.51. The maximum Gasteiger partial charge on any atom is 0.0955 e. The molecular formula is C15H25NO. The van der Waals surface area contributed by atoms with Crippen LogP contribution in [0.2, 0.25) is 0 Å². The first-order valence-corrected chi connectivity index (χ1v) is 6.60. The first kappa shape index (κ1) is 14.2. The quantitative estimate of drug-likeness (QED) is 0.781. The van der Waals surface area contributed by atoms with E-state index >= 15 is 0 Å². The highest BCUT2D eigenvalue weighted by molar-refractivity contribution is 5.28. The minimum absolute atomic E-state index is 0.158. The van der Waals surface area contributed by atoms with Gasteiger partial charge in [0.25, 0.3) is 0 Å². The minimum atomic E-state index is 0.158. The third kappa shape index (κ3) is 4.49. The maximum absolute atomic E-state index is 6.11. The Bertz CT molecular complexity index is 324. The Morgan fingerprint density at radius 3 is 2.53 bits per heavy atom. The fraction of sp³-hybridized carbons (Fsp3) is 0.600. The highest BCUT2D eigenvalue weighted by Crippen LogP contribution is 2.22. The largest absolute Gasteiger partial charge is 0.369 e. The number of nitrogens with one attached hydrogen (secondary N) is 1. The molecule has 0 amide bonds. The molecule has 0 aromatic heterocycles. The van der Waals surface area contributed by atoms with E-state index in [1.54, 1.807) is 0 Å². The van der Waals surface area contributed by atoms with Gasteiger partial charge in [-0.05, 0) is 37.9 Å². The molecule has 0 spiro atoms. The molecule has 1 rings (SSSR count). The van der Waals surface area contributed by atoms with Crippen molar-refractivity contribution < 1.29 is 4.74 Å². The zero-order valence-corrected chi connectivity index (χ0v) is 11.5. The van der Waals surface area contributed by atoms with E-state index in [0.717, 1.165) is 19.5 Å². The molecule has 17 heavy (non-hydrogen) atoms. The first-order valence-electron chi connectivity index (χ1n) is 6.60. The number of rotatable bonds is 7. The Morgan fingerprint density at radius 1 is 1.24 bits per heavy atom. The zero-order valence-electron chi connectivity index (χ0n) is 11.5. The van der Waals surface area contributed by atoms with Crippen molar-refractivity contribution in [3.8, 4) is 0 Å². The van der Waals surface area contributed by atoms with E-state index < -0.39 is 0 Å². The Kier molecular flexibility index (Phi) is 6.23. The van der Waals surface area contributed by atoms with E-state index in [2.05, 4.69) is 57.3 Å². The van der Waals surface area contributed by atoms with Crippen LogP contribution >= 0.6 is 0 Å². The zero-order chi connectivity index (χ0) is 12.7. The predicted molar refractivity (Wildman–Crippen MR) is 73.3 cm³/mol. The van der Waals surface area contributed by atoms with E-state index in [-0.39, 0.29) is 6.10 Å². The van der Waals surface area contributed by atoms with Gasteiger partial charge < -0.3 is 10.1 Å². The molecule has 0 aliphatic heterocycles. The molecule has 0 bridgehead atoms. The lowest BCUT2D eigenvalue weighted by molar-refractivity contribution is -0.00455. The standard InChI is InChI=1S/C15H25NO/c1-5-13(4)17-15(11-16-6-2)14-10-8-7-9-12(14)3/h7-10,13,15-16H,5-6,11H2,1-4H3. The molecule has 0 fully saturated rings. The molecule has 1 aromatic carbocycles. The average molecular weight is 235 g/mol. The Hall–Kier alpha value is -0.860. The van der Waals surface area contributed by atoms with E-state index in [9.17, 15) is 0 Å². The number of hydrogen-bond acceptors (Lipinski definition) is 2. The summed E-state index contributed by atoms with van der Waals surface area (Å²) in [5.41, 5.74) is 2.60. The third-order valence-electron chi connectivity index (χ3n) is 3.09. The summed E-state index contributed by atoms with van der Waals surface area (Å²) in [4.78, 5) is 0. The summed E-state index contributed by atoms with van der Waals surface area (Å²) in [6.07, 6.45) is 1.51. The van der Waals surface area contributed by atoms with E-state index in [0.29, 0.717) is 6.10 Å². The van der Waals surface area contributed by atoms with Crippen molar-refractivity contribution in [3.63, 3.8) is 0 Å². The molecule has 0 saturated heterocycles. The van der Waals surface area contributed by atoms with E-state index in [4.69, 9.17) is 4.74 Å². The van der Waals surface area contributed by atoms with E-state index in [1.807, 2.05) is 0 Å². The van der Waals surface area contributed by atoms with Crippen LogP contribution in [0.3, 0.4) is 0 Å². The van der Waals surface area contributed by atoms with Crippen molar-refractivity contribution in [1.29, 1.82) is 0 Å². The first-order chi connectivity index (χ1) is 8.19. The second kappa shape index (κ2) is 7.46. The topological polar surface area (TPSA) is 21.3 Å². The normalized spacial score (nSPS) is 14.6. The summed E-state index contributed by atoms with van der Waals surface area (Å²) >= 11 is 0. The van der Waals surface area contributed by atoms with Gasteiger partial charge in [-0.2, -0.15) is 0 Å². The average Bonchev–Trinajstić information content (AvgIpc) is 2.35. The number of hydrogen-bond donors (Lipinski definition) is 1. The van der Waals surface area contributed by atoms with Crippen LogP contribution in [0.15, 0.2) is 24.3 Å². The SMILES string of the molecule is CCNCC(OC(C)CC)c1ccccc1C. The lowest BCUT2D eigenvalue weighted by atomic mass is 10.0. The van der Waals surface area contributed by atoms with Crippen molar-refractivity contribution >= 4 is 0 Å². The fourth-order valence-electron chi connectivity index (χ4n) is 1.83. The Labute approximate surface area is 105 Å². The monoisotopic (exact) mass is 235 g/mol. The van der Waals surface area contributed by atoms with Crippen molar-refractivity contribution in [2.45, 2.75) is 46.3 Å². The van der Waals surface area contributed by atoms with Crippen molar-refractivity contribution in [3.05, 3.63) is 35.4 Å². The lowest BCUT2D eigenvalue weighted by Gasteiger charge is -2.24. The van der Waals surface area contributed by atoms with Crippen LogP contribution in [-0.2, 0) is 4.74 Å². The summed E-state index contributed by atoms with van der Waals surface area (Å²) < 4.78 is 6.11. The van der Waals surface area contributed by atoms with Gasteiger partial charge in [-0.15, -0.1) is 0 Å². The highest BCUT2D eigenvalue weighted by Gasteiger charge is 2.15. The summed E-state index contributed by atoms with van der Waals surface area (Å²) in [7, 11) is 0. The molecule has 0 radical (unpaired) electrons. The molecule has 2 nitrogen and oxygen atoms in total. The van der Waals surface area contributed by atoms with Gasteiger partial charge in [0.15, 0.2) is 0 Å². The van der Waals surface area contributed by atoms with Gasteiger partial charge in [0.2, 0.25) is 0 Å². The van der Waals surface area contributed by atoms with Crippen LogP contribution in [-0.4, -0.2) is 19.2 Å². The van der Waals surface area contributed by atoms with Crippen molar-refractivity contribution in [2.75, 3.05) is 13.1 Å². The molecule has 0 aliphatic carbocycles. The van der Waals surface area contributed by atoms with Gasteiger partial charge in [-0.25, -0.2) is 0 Å². The maximum atomic E-state index is 6.11. The van der Waals surface area contributed by atoms with Gasteiger partial charge in [-0.1, -0.05) is 38.1 Å². The minimum Gasteiger partial charge on any atom is -0.369 e. The number of ether oxygens (including phenoxy) is 1. The van der Waals surface area contributed by atoms with Gasteiger partial charge in [0.05, 0.1) is 12.2 Å². The molecule has 0 aliphatic rings. The molecule has 1 aromatic rings. The van der Waals surface area contributed by atoms with Crippen LogP contribution in [0.4, 0.5) is 0 Å². The molecule has 96 valence electrons. The molecule has 2 heteroatoms. The van der Waals surface area contributed by atoms with Crippen LogP contribution in [0.1, 0.15) is 44.4 Å². The van der Waals surface area contributed by atoms with Gasteiger partial charge in [0.1, 0.15) is 0 Å². The fourth-order valence-corrected chi connectivity index (χ4v) is 1.83. The Morgan fingerprint density at radius 2 is 1.94 bits per heavy atom. The van der Waals surface area contributed by atoms with Crippen LogP contribution < -0.4 is 5.32 Å². The molecule has 0 heterocycles. The number of benzene rings is 1. The van der Waals surface area contributed by atoms with Gasteiger partial charge in [0, 0.05) is 6.54 Å². The third-order valence-corrected chi connectivity index (χ3v) is 3.09. The second-order valence-electron chi connectivity index (χ2n) is 4.51. The van der Waals surface area contributed by atoms with Crippen molar-refractivity contribution in [1.82, 2.24) is 5.32 Å². The Balaban J connectivity index is 2.78. The number of likely N-dealkylation sites (N-methyl/N-ethyl adjacent to an activating group) is 1.